The molecule has 20 heavy (non-hydrogen) atoms. The smallest absolute Gasteiger partial charge is 0.234 e. The van der Waals surface area contributed by atoms with Crippen molar-refractivity contribution < 1.29 is 4.79 Å². The molecule has 1 aliphatic rings. The van der Waals surface area contributed by atoms with E-state index in [2.05, 4.69) is 20.5 Å². The molecule has 2 N–H and O–H groups in total. The maximum atomic E-state index is 11.5. The highest BCUT2D eigenvalue weighted by atomic mass is 35.5. The summed E-state index contributed by atoms with van der Waals surface area (Å²) in [4.78, 5) is 18.1. The molecule has 0 saturated carbocycles. The van der Waals surface area contributed by atoms with Crippen LogP contribution in [0.4, 0.5) is 5.82 Å². The van der Waals surface area contributed by atoms with Crippen molar-refractivity contribution in [3.8, 4) is 0 Å². The topological polar surface area (TPSA) is 57.3 Å². The Kier molecular flexibility index (Phi) is 9.29. The number of anilines is 1. The molecule has 5 nitrogen and oxygen atoms in total. The second kappa shape index (κ2) is 9.80. The number of pyridine rings is 1. The molecule has 0 radical (unpaired) electrons. The molecule has 7 heteroatoms. The number of halogens is 2. The third-order valence-corrected chi connectivity index (χ3v) is 3.17. The fraction of sp³-hybridized carbons (Fsp3) is 0.538. The highest BCUT2D eigenvalue weighted by molar-refractivity contribution is 5.85. The summed E-state index contributed by atoms with van der Waals surface area (Å²) in [5, 5.41) is 5.90. The van der Waals surface area contributed by atoms with Crippen molar-refractivity contribution in [1.82, 2.24) is 15.6 Å². The average Bonchev–Trinajstić information content (AvgIpc) is 2.41. The van der Waals surface area contributed by atoms with Gasteiger partial charge in [-0.25, -0.2) is 4.98 Å². The van der Waals surface area contributed by atoms with Crippen molar-refractivity contribution in [2.45, 2.75) is 18.9 Å². The van der Waals surface area contributed by atoms with E-state index in [4.69, 9.17) is 0 Å². The highest BCUT2D eigenvalue weighted by Crippen LogP contribution is 2.16. The van der Waals surface area contributed by atoms with E-state index in [-0.39, 0.29) is 30.7 Å². The van der Waals surface area contributed by atoms with Crippen molar-refractivity contribution in [3.63, 3.8) is 0 Å². The molecule has 0 aliphatic carbocycles. The SMILES string of the molecule is CNCC(=O)NC1CCN(c2ccccn2)CC1.Cl.Cl. The molecule has 1 aliphatic heterocycles. The van der Waals surface area contributed by atoms with Crippen molar-refractivity contribution in [1.29, 1.82) is 0 Å². The minimum atomic E-state index is 0. The summed E-state index contributed by atoms with van der Waals surface area (Å²) >= 11 is 0. The lowest BCUT2D eigenvalue weighted by Gasteiger charge is -2.33. The molecule has 114 valence electrons. The standard InChI is InChI=1S/C13H20N4O.2ClH/c1-14-10-13(18)16-11-5-8-17(9-6-11)12-4-2-3-7-15-12;;/h2-4,7,11,14H,5-6,8-10H2,1H3,(H,16,18);2*1H. The first-order chi connectivity index (χ1) is 8.79. The van der Waals surface area contributed by atoms with E-state index < -0.39 is 0 Å². The summed E-state index contributed by atoms with van der Waals surface area (Å²) in [5.74, 6) is 1.10. The van der Waals surface area contributed by atoms with Crippen molar-refractivity contribution >= 4 is 36.5 Å². The van der Waals surface area contributed by atoms with Gasteiger partial charge in [-0.1, -0.05) is 6.07 Å². The van der Waals surface area contributed by atoms with Crippen LogP contribution in [0.25, 0.3) is 0 Å². The molecule has 1 aromatic rings. The highest BCUT2D eigenvalue weighted by Gasteiger charge is 2.20. The number of hydrogen-bond acceptors (Lipinski definition) is 4. The van der Waals surface area contributed by atoms with Crippen LogP contribution in [0.5, 0.6) is 0 Å². The van der Waals surface area contributed by atoms with Crippen LogP contribution < -0.4 is 15.5 Å². The monoisotopic (exact) mass is 320 g/mol. The lowest BCUT2D eigenvalue weighted by molar-refractivity contribution is -0.120. The number of rotatable bonds is 4. The third kappa shape index (κ3) is 5.53. The van der Waals surface area contributed by atoms with Gasteiger partial charge in [0.2, 0.25) is 5.91 Å². The van der Waals surface area contributed by atoms with E-state index in [0.717, 1.165) is 31.7 Å². The van der Waals surface area contributed by atoms with Gasteiger partial charge < -0.3 is 15.5 Å². The van der Waals surface area contributed by atoms with Crippen molar-refractivity contribution in [3.05, 3.63) is 24.4 Å². The quantitative estimate of drug-likeness (QED) is 0.876. The number of likely N-dealkylation sites (N-methyl/N-ethyl adjacent to an activating group) is 1. The first-order valence-corrected chi connectivity index (χ1v) is 6.39. The first kappa shape index (κ1) is 19.0. The van der Waals surface area contributed by atoms with Gasteiger partial charge in [-0.3, -0.25) is 4.79 Å². The lowest BCUT2D eigenvalue weighted by atomic mass is 10.0. The van der Waals surface area contributed by atoms with E-state index >= 15 is 0 Å². The van der Waals surface area contributed by atoms with Crippen LogP contribution in [0.2, 0.25) is 0 Å². The third-order valence-electron chi connectivity index (χ3n) is 3.17. The number of carbonyl (C=O) groups excluding carboxylic acids is 1. The van der Waals surface area contributed by atoms with E-state index in [1.165, 1.54) is 0 Å². The normalized spacial score (nSPS) is 14.9. The molecular weight excluding hydrogens is 299 g/mol. The molecule has 0 unspecified atom stereocenters. The van der Waals surface area contributed by atoms with Crippen LogP contribution in [-0.4, -0.2) is 43.6 Å². The number of amides is 1. The van der Waals surface area contributed by atoms with Gasteiger partial charge in [0.1, 0.15) is 5.82 Å². The number of aromatic nitrogens is 1. The van der Waals surface area contributed by atoms with Gasteiger partial charge in [-0.15, -0.1) is 24.8 Å². The molecular formula is C13H22Cl2N4O. The van der Waals surface area contributed by atoms with Crippen LogP contribution in [-0.2, 0) is 4.79 Å². The Morgan fingerprint density at radius 1 is 1.35 bits per heavy atom. The Labute approximate surface area is 132 Å². The number of piperidine rings is 1. The predicted molar refractivity (Wildman–Crippen MR) is 86.0 cm³/mol. The zero-order chi connectivity index (χ0) is 12.8. The minimum absolute atomic E-state index is 0. The Hall–Kier alpha value is -1.04. The Balaban J connectivity index is 0.00000180. The van der Waals surface area contributed by atoms with E-state index in [1.807, 2.05) is 24.4 Å². The van der Waals surface area contributed by atoms with Gasteiger partial charge in [-0.05, 0) is 32.0 Å². The van der Waals surface area contributed by atoms with Crippen molar-refractivity contribution in [2.24, 2.45) is 0 Å². The molecule has 0 spiro atoms. The van der Waals surface area contributed by atoms with Crippen LogP contribution in [0.3, 0.4) is 0 Å². The van der Waals surface area contributed by atoms with Gasteiger partial charge in [-0.2, -0.15) is 0 Å². The Morgan fingerprint density at radius 2 is 2.05 bits per heavy atom. The predicted octanol–water partition coefficient (Wildman–Crippen LogP) is 1.23. The zero-order valence-corrected chi connectivity index (χ0v) is 13.2. The second-order valence-electron chi connectivity index (χ2n) is 4.55. The van der Waals surface area contributed by atoms with E-state index in [1.54, 1.807) is 7.05 Å². The largest absolute Gasteiger partial charge is 0.356 e. The molecule has 2 rings (SSSR count). The molecule has 1 amide bonds. The number of nitrogens with zero attached hydrogens (tertiary/aromatic N) is 2. The number of nitrogens with one attached hydrogen (secondary N) is 2. The van der Waals surface area contributed by atoms with Gasteiger partial charge >= 0.3 is 0 Å². The molecule has 0 atom stereocenters. The summed E-state index contributed by atoms with van der Waals surface area (Å²) in [7, 11) is 1.78. The summed E-state index contributed by atoms with van der Waals surface area (Å²) in [6.45, 7) is 2.28. The zero-order valence-electron chi connectivity index (χ0n) is 11.5. The second-order valence-corrected chi connectivity index (χ2v) is 4.55. The molecule has 1 aromatic heterocycles. The fourth-order valence-electron chi connectivity index (χ4n) is 2.23. The molecule has 1 fully saturated rings. The van der Waals surface area contributed by atoms with Gasteiger partial charge in [0.15, 0.2) is 0 Å². The maximum absolute atomic E-state index is 11.5. The van der Waals surface area contributed by atoms with Crippen molar-refractivity contribution in [2.75, 3.05) is 31.6 Å². The number of hydrogen-bond donors (Lipinski definition) is 2. The van der Waals surface area contributed by atoms with E-state index in [9.17, 15) is 4.79 Å². The van der Waals surface area contributed by atoms with Crippen LogP contribution in [0, 0.1) is 0 Å². The van der Waals surface area contributed by atoms with Gasteiger partial charge in [0.05, 0.1) is 6.54 Å². The average molecular weight is 321 g/mol. The number of carbonyl (C=O) groups is 1. The molecule has 0 bridgehead atoms. The van der Waals surface area contributed by atoms with Gasteiger partial charge in [0, 0.05) is 25.3 Å². The lowest BCUT2D eigenvalue weighted by Crippen LogP contribution is -2.46. The Bertz CT molecular complexity index is 383. The van der Waals surface area contributed by atoms with E-state index in [0.29, 0.717) is 12.6 Å². The fourth-order valence-corrected chi connectivity index (χ4v) is 2.23. The summed E-state index contributed by atoms with van der Waals surface area (Å²) in [6, 6.07) is 6.25. The van der Waals surface area contributed by atoms with Crippen LogP contribution in [0.1, 0.15) is 12.8 Å². The van der Waals surface area contributed by atoms with Gasteiger partial charge in [0.25, 0.3) is 0 Å². The summed E-state index contributed by atoms with van der Waals surface area (Å²) in [5.41, 5.74) is 0. The molecule has 2 heterocycles. The minimum Gasteiger partial charge on any atom is -0.356 e. The molecule has 1 saturated heterocycles. The summed E-state index contributed by atoms with van der Waals surface area (Å²) in [6.07, 6.45) is 3.77. The summed E-state index contributed by atoms with van der Waals surface area (Å²) < 4.78 is 0. The Morgan fingerprint density at radius 3 is 2.60 bits per heavy atom. The first-order valence-electron chi connectivity index (χ1n) is 6.39. The van der Waals surface area contributed by atoms with Crippen LogP contribution in [0.15, 0.2) is 24.4 Å². The maximum Gasteiger partial charge on any atom is 0.234 e. The molecule has 0 aromatic carbocycles. The van der Waals surface area contributed by atoms with Crippen LogP contribution >= 0.6 is 24.8 Å².